The Labute approximate surface area is 120 Å². The Morgan fingerprint density at radius 2 is 2.24 bits per heavy atom. The number of hydrazone groups is 1. The highest BCUT2D eigenvalue weighted by atomic mass is 16.6. The van der Waals surface area contributed by atoms with E-state index in [1.54, 1.807) is 31.5 Å². The lowest BCUT2D eigenvalue weighted by atomic mass is 10.1. The summed E-state index contributed by atoms with van der Waals surface area (Å²) in [5, 5.41) is 14.5. The molecule has 1 heterocycles. The number of aromatic nitrogens is 1. The summed E-state index contributed by atoms with van der Waals surface area (Å²) in [6.45, 7) is 1.58. The minimum Gasteiger partial charge on any atom is -0.267 e. The van der Waals surface area contributed by atoms with Crippen LogP contribution in [0.1, 0.15) is 21.5 Å². The molecule has 7 nitrogen and oxygen atoms in total. The predicted molar refractivity (Wildman–Crippen MR) is 77.1 cm³/mol. The van der Waals surface area contributed by atoms with E-state index in [0.717, 1.165) is 5.56 Å². The first-order chi connectivity index (χ1) is 10.1. The van der Waals surface area contributed by atoms with Gasteiger partial charge in [0.1, 0.15) is 0 Å². The van der Waals surface area contributed by atoms with E-state index in [9.17, 15) is 14.9 Å². The van der Waals surface area contributed by atoms with Crippen molar-refractivity contribution in [3.05, 3.63) is 69.5 Å². The fourth-order valence-corrected chi connectivity index (χ4v) is 1.68. The van der Waals surface area contributed by atoms with E-state index in [4.69, 9.17) is 0 Å². The van der Waals surface area contributed by atoms with E-state index < -0.39 is 10.8 Å². The van der Waals surface area contributed by atoms with Gasteiger partial charge in [0.25, 0.3) is 11.6 Å². The van der Waals surface area contributed by atoms with E-state index in [0.29, 0.717) is 11.1 Å². The lowest BCUT2D eigenvalue weighted by Gasteiger charge is -2.02. The molecular weight excluding hydrogens is 272 g/mol. The van der Waals surface area contributed by atoms with Crippen LogP contribution in [0.5, 0.6) is 0 Å². The van der Waals surface area contributed by atoms with Crippen molar-refractivity contribution in [3.8, 4) is 0 Å². The molecule has 0 aliphatic heterocycles. The Kier molecular flexibility index (Phi) is 4.35. The molecule has 0 aliphatic rings. The Bertz CT molecular complexity index is 699. The minimum absolute atomic E-state index is 0.0228. The zero-order valence-electron chi connectivity index (χ0n) is 11.2. The van der Waals surface area contributed by atoms with Crippen molar-refractivity contribution in [3.63, 3.8) is 0 Å². The standard InChI is InChI=1S/C14H12N4O3/c1-10-7-12(4-5-13(10)18(20)21)14(19)17-16-9-11-3-2-6-15-8-11/h2-9H,1H3,(H,17,19). The van der Waals surface area contributed by atoms with E-state index in [1.807, 2.05) is 0 Å². The van der Waals surface area contributed by atoms with Crippen LogP contribution in [0.3, 0.4) is 0 Å². The van der Waals surface area contributed by atoms with Gasteiger partial charge in [-0.2, -0.15) is 5.10 Å². The quantitative estimate of drug-likeness (QED) is 0.528. The zero-order valence-corrected chi connectivity index (χ0v) is 11.2. The number of pyridine rings is 1. The predicted octanol–water partition coefficient (Wildman–Crippen LogP) is 2.06. The van der Waals surface area contributed by atoms with Crippen LogP contribution in [-0.2, 0) is 0 Å². The highest BCUT2D eigenvalue weighted by Crippen LogP contribution is 2.18. The lowest BCUT2D eigenvalue weighted by Crippen LogP contribution is -2.17. The van der Waals surface area contributed by atoms with Gasteiger partial charge in [0, 0.05) is 35.2 Å². The third kappa shape index (κ3) is 3.69. The normalized spacial score (nSPS) is 10.5. The molecule has 0 unspecified atom stereocenters. The molecule has 21 heavy (non-hydrogen) atoms. The Morgan fingerprint density at radius 1 is 1.43 bits per heavy atom. The smallest absolute Gasteiger partial charge is 0.267 e. The minimum atomic E-state index is -0.489. The molecule has 0 atom stereocenters. The number of nitrogens with zero attached hydrogens (tertiary/aromatic N) is 3. The van der Waals surface area contributed by atoms with Crippen LogP contribution in [0, 0.1) is 17.0 Å². The summed E-state index contributed by atoms with van der Waals surface area (Å²) in [4.78, 5) is 26.0. The molecule has 1 N–H and O–H groups in total. The molecule has 2 rings (SSSR count). The van der Waals surface area contributed by atoms with Gasteiger partial charge in [-0.25, -0.2) is 5.43 Å². The number of amides is 1. The molecule has 0 bridgehead atoms. The second-order valence-corrected chi connectivity index (χ2v) is 4.24. The first-order valence-electron chi connectivity index (χ1n) is 6.06. The van der Waals surface area contributed by atoms with Gasteiger partial charge in [0.15, 0.2) is 0 Å². The summed E-state index contributed by atoms with van der Waals surface area (Å²) >= 11 is 0. The maximum atomic E-state index is 11.9. The largest absolute Gasteiger partial charge is 0.272 e. The van der Waals surface area contributed by atoms with Crippen molar-refractivity contribution < 1.29 is 9.72 Å². The second kappa shape index (κ2) is 6.38. The van der Waals surface area contributed by atoms with Crippen LogP contribution < -0.4 is 5.43 Å². The molecule has 7 heteroatoms. The van der Waals surface area contributed by atoms with Gasteiger partial charge in [-0.05, 0) is 25.1 Å². The molecule has 106 valence electrons. The van der Waals surface area contributed by atoms with E-state index >= 15 is 0 Å². The fraction of sp³-hybridized carbons (Fsp3) is 0.0714. The topological polar surface area (TPSA) is 97.5 Å². The van der Waals surface area contributed by atoms with Crippen molar-refractivity contribution >= 4 is 17.8 Å². The fourth-order valence-electron chi connectivity index (χ4n) is 1.68. The van der Waals surface area contributed by atoms with Crippen LogP contribution in [0.2, 0.25) is 0 Å². The third-order valence-electron chi connectivity index (χ3n) is 2.72. The van der Waals surface area contributed by atoms with Crippen molar-refractivity contribution in [1.82, 2.24) is 10.4 Å². The average Bonchev–Trinajstić information content (AvgIpc) is 2.47. The van der Waals surface area contributed by atoms with Crippen LogP contribution in [0.15, 0.2) is 47.8 Å². The lowest BCUT2D eigenvalue weighted by molar-refractivity contribution is -0.385. The SMILES string of the molecule is Cc1cc(C(=O)NN=Cc2cccnc2)ccc1[N+](=O)[O-]. The molecule has 1 aromatic carbocycles. The molecule has 0 saturated carbocycles. The highest BCUT2D eigenvalue weighted by Gasteiger charge is 2.13. The second-order valence-electron chi connectivity index (χ2n) is 4.24. The molecule has 1 aromatic heterocycles. The first kappa shape index (κ1) is 14.3. The maximum absolute atomic E-state index is 11.9. The maximum Gasteiger partial charge on any atom is 0.272 e. The molecule has 0 aliphatic carbocycles. The Morgan fingerprint density at radius 3 is 2.86 bits per heavy atom. The summed E-state index contributed by atoms with van der Waals surface area (Å²) in [5.41, 5.74) is 3.81. The number of hydrogen-bond donors (Lipinski definition) is 1. The third-order valence-corrected chi connectivity index (χ3v) is 2.72. The Balaban J connectivity index is 2.06. The molecule has 2 aromatic rings. The van der Waals surface area contributed by atoms with Crippen LogP contribution >= 0.6 is 0 Å². The summed E-state index contributed by atoms with van der Waals surface area (Å²) < 4.78 is 0. The monoisotopic (exact) mass is 284 g/mol. The van der Waals surface area contributed by atoms with Crippen LogP contribution in [0.4, 0.5) is 5.69 Å². The number of nitrogens with one attached hydrogen (secondary N) is 1. The average molecular weight is 284 g/mol. The zero-order chi connectivity index (χ0) is 15.2. The number of hydrogen-bond acceptors (Lipinski definition) is 5. The molecule has 0 radical (unpaired) electrons. The number of carbonyl (C=O) groups excluding carboxylic acids is 1. The van der Waals surface area contributed by atoms with Gasteiger partial charge >= 0.3 is 0 Å². The van der Waals surface area contributed by atoms with Crippen LogP contribution in [-0.4, -0.2) is 22.0 Å². The number of nitro benzene ring substituents is 1. The van der Waals surface area contributed by atoms with Crippen LogP contribution in [0.25, 0.3) is 0 Å². The summed E-state index contributed by atoms with van der Waals surface area (Å²) in [6, 6.07) is 7.68. The number of aryl methyl sites for hydroxylation is 1. The Hall–Kier alpha value is -3.09. The van der Waals surface area contributed by atoms with E-state index in [2.05, 4.69) is 15.5 Å². The number of rotatable bonds is 4. The van der Waals surface area contributed by atoms with E-state index in [-0.39, 0.29) is 5.69 Å². The van der Waals surface area contributed by atoms with Crippen molar-refractivity contribution in [2.75, 3.05) is 0 Å². The number of benzene rings is 1. The molecule has 0 saturated heterocycles. The summed E-state index contributed by atoms with van der Waals surface area (Å²) in [6.07, 6.45) is 4.70. The molecule has 0 spiro atoms. The van der Waals surface area contributed by atoms with Crippen molar-refractivity contribution in [2.45, 2.75) is 6.92 Å². The molecular formula is C14H12N4O3. The van der Waals surface area contributed by atoms with Gasteiger partial charge < -0.3 is 0 Å². The van der Waals surface area contributed by atoms with Gasteiger partial charge in [-0.15, -0.1) is 0 Å². The first-order valence-corrected chi connectivity index (χ1v) is 6.06. The molecule has 0 fully saturated rings. The van der Waals surface area contributed by atoms with Crippen molar-refractivity contribution in [2.24, 2.45) is 5.10 Å². The highest BCUT2D eigenvalue weighted by molar-refractivity contribution is 5.95. The summed E-state index contributed by atoms with van der Waals surface area (Å²) in [7, 11) is 0. The van der Waals surface area contributed by atoms with Gasteiger partial charge in [-0.3, -0.25) is 19.9 Å². The number of nitro groups is 1. The van der Waals surface area contributed by atoms with Gasteiger partial charge in [0.2, 0.25) is 0 Å². The number of carbonyl (C=O) groups is 1. The van der Waals surface area contributed by atoms with Gasteiger partial charge in [-0.1, -0.05) is 6.07 Å². The molecule has 1 amide bonds. The summed E-state index contributed by atoms with van der Waals surface area (Å²) in [5.74, 6) is -0.437. The van der Waals surface area contributed by atoms with Gasteiger partial charge in [0.05, 0.1) is 11.1 Å². The van der Waals surface area contributed by atoms with E-state index in [1.165, 1.54) is 24.4 Å². The van der Waals surface area contributed by atoms with Crippen molar-refractivity contribution in [1.29, 1.82) is 0 Å².